The summed E-state index contributed by atoms with van der Waals surface area (Å²) in [6, 6.07) is 3.44. The molecule has 4 nitrogen and oxygen atoms in total. The minimum absolute atomic E-state index is 0.370. The number of aromatic amines is 2. The Kier molecular flexibility index (Phi) is 1.94. The Morgan fingerprint density at radius 1 is 1.38 bits per heavy atom. The molecule has 3 aromatic rings. The zero-order valence-corrected chi connectivity index (χ0v) is 8.72. The van der Waals surface area contributed by atoms with Gasteiger partial charge in [0.15, 0.2) is 0 Å². The van der Waals surface area contributed by atoms with Crippen molar-refractivity contribution in [3.63, 3.8) is 0 Å². The van der Waals surface area contributed by atoms with Crippen molar-refractivity contribution in [2.24, 2.45) is 0 Å². The second-order valence-corrected chi connectivity index (χ2v) is 3.73. The molecule has 0 bridgehead atoms. The highest BCUT2D eigenvalue weighted by molar-refractivity contribution is 6.35. The van der Waals surface area contributed by atoms with Crippen molar-refractivity contribution >= 4 is 22.6 Å². The standard InChI is InChI=1S/C10H6ClFN4/c11-7-1-2-13-10-5(7)3-8(15-10)6-4-14-16-9(6)12/h1-4H,(H,13,15)(H,14,16). The van der Waals surface area contributed by atoms with Gasteiger partial charge < -0.3 is 4.98 Å². The van der Waals surface area contributed by atoms with Gasteiger partial charge in [-0.15, -0.1) is 5.10 Å². The van der Waals surface area contributed by atoms with Crippen molar-refractivity contribution in [2.45, 2.75) is 0 Å². The van der Waals surface area contributed by atoms with Crippen LogP contribution in [-0.4, -0.2) is 20.2 Å². The summed E-state index contributed by atoms with van der Waals surface area (Å²) < 4.78 is 13.2. The summed E-state index contributed by atoms with van der Waals surface area (Å²) in [6.45, 7) is 0. The highest BCUT2D eigenvalue weighted by Crippen LogP contribution is 2.28. The van der Waals surface area contributed by atoms with Crippen molar-refractivity contribution in [3.05, 3.63) is 35.5 Å². The summed E-state index contributed by atoms with van der Waals surface area (Å²) in [6.07, 6.45) is 3.07. The van der Waals surface area contributed by atoms with E-state index in [4.69, 9.17) is 11.6 Å². The van der Waals surface area contributed by atoms with E-state index in [1.165, 1.54) is 6.20 Å². The topological polar surface area (TPSA) is 57.4 Å². The van der Waals surface area contributed by atoms with Gasteiger partial charge in [-0.2, -0.15) is 4.39 Å². The quantitative estimate of drug-likeness (QED) is 0.683. The number of aromatic nitrogens is 4. The van der Waals surface area contributed by atoms with Gasteiger partial charge in [-0.25, -0.2) is 4.98 Å². The predicted octanol–water partition coefficient (Wildman–Crippen LogP) is 2.75. The van der Waals surface area contributed by atoms with E-state index >= 15 is 0 Å². The Morgan fingerprint density at radius 3 is 2.94 bits per heavy atom. The second kappa shape index (κ2) is 3.31. The summed E-state index contributed by atoms with van der Waals surface area (Å²) in [7, 11) is 0. The monoisotopic (exact) mass is 236 g/mol. The van der Waals surface area contributed by atoms with Gasteiger partial charge in [-0.3, -0.25) is 5.10 Å². The van der Waals surface area contributed by atoms with E-state index in [0.29, 0.717) is 21.9 Å². The summed E-state index contributed by atoms with van der Waals surface area (Å²) in [5.41, 5.74) is 1.60. The Morgan fingerprint density at radius 2 is 2.25 bits per heavy atom. The average Bonchev–Trinajstić information content (AvgIpc) is 2.84. The number of pyridine rings is 1. The maximum absolute atomic E-state index is 13.2. The van der Waals surface area contributed by atoms with E-state index in [2.05, 4.69) is 20.2 Å². The fraction of sp³-hybridized carbons (Fsp3) is 0. The fourth-order valence-corrected chi connectivity index (χ4v) is 1.80. The molecule has 0 fully saturated rings. The second-order valence-electron chi connectivity index (χ2n) is 3.33. The first-order valence-corrected chi connectivity index (χ1v) is 4.96. The molecule has 80 valence electrons. The number of halogens is 2. The molecule has 16 heavy (non-hydrogen) atoms. The number of rotatable bonds is 1. The van der Waals surface area contributed by atoms with Gasteiger partial charge in [0.05, 0.1) is 16.3 Å². The molecule has 6 heteroatoms. The first-order valence-electron chi connectivity index (χ1n) is 4.58. The number of fused-ring (bicyclic) bond motifs is 1. The van der Waals surface area contributed by atoms with Crippen molar-refractivity contribution in [1.29, 1.82) is 0 Å². The van der Waals surface area contributed by atoms with Gasteiger partial charge in [-0.1, -0.05) is 11.6 Å². The molecule has 0 aromatic carbocycles. The zero-order chi connectivity index (χ0) is 11.1. The summed E-state index contributed by atoms with van der Waals surface area (Å²) in [5, 5.41) is 7.22. The molecule has 0 saturated carbocycles. The molecule has 0 radical (unpaired) electrons. The highest BCUT2D eigenvalue weighted by Gasteiger charge is 2.11. The van der Waals surface area contributed by atoms with Gasteiger partial charge in [0, 0.05) is 17.8 Å². The number of H-pyrrole nitrogens is 2. The van der Waals surface area contributed by atoms with Crippen LogP contribution in [0.2, 0.25) is 5.02 Å². The van der Waals surface area contributed by atoms with Crippen LogP contribution >= 0.6 is 11.6 Å². The summed E-state index contributed by atoms with van der Waals surface area (Å²) in [5.74, 6) is -0.553. The van der Waals surface area contributed by atoms with E-state index in [-0.39, 0.29) is 0 Å². The third-order valence-corrected chi connectivity index (χ3v) is 2.69. The van der Waals surface area contributed by atoms with Crippen molar-refractivity contribution in [2.75, 3.05) is 0 Å². The summed E-state index contributed by atoms with van der Waals surface area (Å²) >= 11 is 5.99. The highest BCUT2D eigenvalue weighted by atomic mass is 35.5. The van der Waals surface area contributed by atoms with Crippen LogP contribution in [0.25, 0.3) is 22.3 Å². The number of nitrogens with one attached hydrogen (secondary N) is 2. The van der Waals surface area contributed by atoms with E-state index in [9.17, 15) is 4.39 Å². The SMILES string of the molecule is Fc1n[nH]cc1-c1cc2c(Cl)ccnc2[nH]1. The predicted molar refractivity (Wildman–Crippen MR) is 58.6 cm³/mol. The lowest BCUT2D eigenvalue weighted by molar-refractivity contribution is 0.581. The van der Waals surface area contributed by atoms with Crippen molar-refractivity contribution in [1.82, 2.24) is 20.2 Å². The number of hydrogen-bond donors (Lipinski definition) is 2. The van der Waals surface area contributed by atoms with E-state index in [1.807, 2.05) is 0 Å². The maximum atomic E-state index is 13.2. The van der Waals surface area contributed by atoms with Gasteiger partial charge in [0.2, 0.25) is 5.95 Å². The lowest BCUT2D eigenvalue weighted by Gasteiger charge is -1.89. The lowest BCUT2D eigenvalue weighted by atomic mass is 10.2. The molecular formula is C10H6ClFN4. The molecule has 0 amide bonds. The molecule has 0 spiro atoms. The number of hydrogen-bond acceptors (Lipinski definition) is 2. The van der Waals surface area contributed by atoms with Gasteiger partial charge >= 0.3 is 0 Å². The molecule has 3 aromatic heterocycles. The molecule has 0 aliphatic rings. The van der Waals surface area contributed by atoms with Gasteiger partial charge in [0.25, 0.3) is 0 Å². The normalized spacial score (nSPS) is 11.1. The fourth-order valence-electron chi connectivity index (χ4n) is 1.60. The van der Waals surface area contributed by atoms with Crippen LogP contribution in [0.4, 0.5) is 4.39 Å². The third-order valence-electron chi connectivity index (χ3n) is 2.36. The van der Waals surface area contributed by atoms with Crippen LogP contribution in [-0.2, 0) is 0 Å². The van der Waals surface area contributed by atoms with Crippen molar-refractivity contribution < 1.29 is 4.39 Å². The largest absolute Gasteiger partial charge is 0.339 e. The minimum Gasteiger partial charge on any atom is -0.339 e. The van der Waals surface area contributed by atoms with E-state index in [1.54, 1.807) is 18.3 Å². The van der Waals surface area contributed by atoms with Crippen LogP contribution in [0.15, 0.2) is 24.5 Å². The first-order chi connectivity index (χ1) is 7.75. The van der Waals surface area contributed by atoms with Crippen LogP contribution in [0.3, 0.4) is 0 Å². The molecule has 2 N–H and O–H groups in total. The number of nitrogens with zero attached hydrogens (tertiary/aromatic N) is 2. The van der Waals surface area contributed by atoms with Crippen LogP contribution in [0.5, 0.6) is 0 Å². The van der Waals surface area contributed by atoms with Gasteiger partial charge in [0.1, 0.15) is 5.65 Å². The van der Waals surface area contributed by atoms with E-state index < -0.39 is 5.95 Å². The Bertz CT molecular complexity index is 658. The summed E-state index contributed by atoms with van der Waals surface area (Å²) in [4.78, 5) is 7.09. The lowest BCUT2D eigenvalue weighted by Crippen LogP contribution is -1.79. The maximum Gasteiger partial charge on any atom is 0.241 e. The third kappa shape index (κ3) is 1.29. The first kappa shape index (κ1) is 9.35. The Hall–Kier alpha value is -1.88. The molecule has 0 aliphatic carbocycles. The van der Waals surface area contributed by atoms with Crippen LogP contribution < -0.4 is 0 Å². The van der Waals surface area contributed by atoms with Gasteiger partial charge in [-0.05, 0) is 12.1 Å². The molecule has 3 heterocycles. The smallest absolute Gasteiger partial charge is 0.241 e. The Labute approximate surface area is 94.5 Å². The van der Waals surface area contributed by atoms with Crippen LogP contribution in [0, 0.1) is 5.95 Å². The molecule has 3 rings (SSSR count). The molecule has 0 unspecified atom stereocenters. The average molecular weight is 237 g/mol. The molecule has 0 saturated heterocycles. The molecular weight excluding hydrogens is 231 g/mol. The minimum atomic E-state index is -0.553. The van der Waals surface area contributed by atoms with Crippen molar-refractivity contribution in [3.8, 4) is 11.3 Å². The molecule has 0 atom stereocenters. The Balaban J connectivity index is 2.27. The zero-order valence-electron chi connectivity index (χ0n) is 7.96. The molecule has 0 aliphatic heterocycles. The van der Waals surface area contributed by atoms with E-state index in [0.717, 1.165) is 5.39 Å². The van der Waals surface area contributed by atoms with Crippen LogP contribution in [0.1, 0.15) is 0 Å².